The molecule has 2 N–H and O–H groups in total. The molecule has 0 bridgehead atoms. The molecule has 0 radical (unpaired) electrons. The zero-order valence-electron chi connectivity index (χ0n) is 15.0. The molecule has 0 aliphatic heterocycles. The summed E-state index contributed by atoms with van der Waals surface area (Å²) in [4.78, 5) is 19.7. The van der Waals surface area contributed by atoms with Crippen molar-refractivity contribution in [1.82, 2.24) is 19.7 Å². The number of sulfonamides is 1. The molecule has 1 aromatic carbocycles. The quantitative estimate of drug-likeness (QED) is 0.604. The third-order valence-corrected chi connectivity index (χ3v) is 5.39. The Labute approximate surface area is 173 Å². The molecular weight excluding hydrogens is 449 g/mol. The van der Waals surface area contributed by atoms with Crippen molar-refractivity contribution in [3.05, 3.63) is 59.1 Å². The van der Waals surface area contributed by atoms with E-state index in [0.29, 0.717) is 4.68 Å². The number of aromatic nitrogens is 4. The van der Waals surface area contributed by atoms with Crippen molar-refractivity contribution in [2.45, 2.75) is 11.1 Å². The van der Waals surface area contributed by atoms with Crippen molar-refractivity contribution >= 4 is 39.2 Å². The van der Waals surface area contributed by atoms with Gasteiger partial charge in [0.15, 0.2) is 5.69 Å². The molecule has 0 aliphatic carbocycles. The Bertz CT molecular complexity index is 1180. The predicted molar refractivity (Wildman–Crippen MR) is 100 cm³/mol. The van der Waals surface area contributed by atoms with E-state index in [9.17, 15) is 26.4 Å². The van der Waals surface area contributed by atoms with Gasteiger partial charge in [0, 0.05) is 25.1 Å². The zero-order chi connectivity index (χ0) is 22.1. The van der Waals surface area contributed by atoms with Gasteiger partial charge in [-0.2, -0.15) is 18.3 Å². The fraction of sp³-hybridized carbons (Fsp3) is 0.125. The van der Waals surface area contributed by atoms with Crippen LogP contribution in [0.15, 0.2) is 47.6 Å². The molecule has 0 fully saturated rings. The van der Waals surface area contributed by atoms with Crippen molar-refractivity contribution in [3.8, 4) is 0 Å². The molecule has 158 valence electrons. The number of hydrogen-bond acceptors (Lipinski definition) is 6. The largest absolute Gasteiger partial charge is 0.436 e. The summed E-state index contributed by atoms with van der Waals surface area (Å²) < 4.78 is 66.2. The Morgan fingerprint density at radius 3 is 2.27 bits per heavy atom. The van der Waals surface area contributed by atoms with Crippen LogP contribution in [-0.4, -0.2) is 34.1 Å². The van der Waals surface area contributed by atoms with Gasteiger partial charge in [-0.15, -0.1) is 0 Å². The maximum atomic E-state index is 12.9. The fourth-order valence-corrected chi connectivity index (χ4v) is 3.68. The van der Waals surface area contributed by atoms with E-state index in [-0.39, 0.29) is 16.5 Å². The van der Waals surface area contributed by atoms with Crippen LogP contribution in [0.1, 0.15) is 16.2 Å². The minimum atomic E-state index is -4.82. The van der Waals surface area contributed by atoms with E-state index >= 15 is 0 Å². The third kappa shape index (κ3) is 4.52. The number of rotatable bonds is 5. The van der Waals surface area contributed by atoms with E-state index in [0.717, 1.165) is 7.05 Å². The van der Waals surface area contributed by atoms with Crippen molar-refractivity contribution in [3.63, 3.8) is 0 Å². The summed E-state index contributed by atoms with van der Waals surface area (Å²) in [5.74, 6) is -1.07. The van der Waals surface area contributed by atoms with Crippen LogP contribution in [-0.2, 0) is 23.2 Å². The molecular formula is C16H12ClF3N6O3S. The van der Waals surface area contributed by atoms with E-state index in [1.54, 1.807) is 0 Å². The number of nitrogens with zero attached hydrogens (tertiary/aromatic N) is 4. The van der Waals surface area contributed by atoms with Crippen molar-refractivity contribution in [2.75, 3.05) is 10.0 Å². The first-order valence-electron chi connectivity index (χ1n) is 8.00. The van der Waals surface area contributed by atoms with Gasteiger partial charge in [-0.05, 0) is 30.3 Å². The molecule has 0 saturated heterocycles. The van der Waals surface area contributed by atoms with Crippen LogP contribution < -0.4 is 10.0 Å². The lowest BCUT2D eigenvalue weighted by Crippen LogP contribution is -2.17. The van der Waals surface area contributed by atoms with Crippen LogP contribution in [0.25, 0.3) is 0 Å². The predicted octanol–water partition coefficient (Wildman–Crippen LogP) is 2.94. The lowest BCUT2D eigenvalue weighted by molar-refractivity contribution is -0.141. The molecule has 3 aromatic rings. The zero-order valence-corrected chi connectivity index (χ0v) is 16.5. The molecule has 2 heterocycles. The van der Waals surface area contributed by atoms with Crippen LogP contribution in [0.2, 0.25) is 5.02 Å². The Balaban J connectivity index is 1.78. The summed E-state index contributed by atoms with van der Waals surface area (Å²) in [6.45, 7) is 0. The van der Waals surface area contributed by atoms with Crippen LogP contribution in [0.4, 0.5) is 24.8 Å². The molecule has 14 heteroatoms. The lowest BCUT2D eigenvalue weighted by atomic mass is 10.3. The molecule has 1 amide bonds. The average Bonchev–Trinajstić information content (AvgIpc) is 2.97. The van der Waals surface area contributed by atoms with E-state index in [1.807, 2.05) is 0 Å². The first-order valence-corrected chi connectivity index (χ1v) is 9.86. The number of carbonyl (C=O) groups excluding carboxylic acids is 1. The average molecular weight is 461 g/mol. The first kappa shape index (κ1) is 21.5. The van der Waals surface area contributed by atoms with Crippen LogP contribution in [0.3, 0.4) is 0 Å². The molecule has 0 saturated carbocycles. The fourth-order valence-electron chi connectivity index (χ4n) is 2.36. The minimum absolute atomic E-state index is 0.124. The van der Waals surface area contributed by atoms with Gasteiger partial charge in [-0.3, -0.25) is 9.48 Å². The van der Waals surface area contributed by atoms with E-state index < -0.39 is 38.5 Å². The summed E-state index contributed by atoms with van der Waals surface area (Å²) >= 11 is 5.67. The van der Waals surface area contributed by atoms with E-state index in [2.05, 4.69) is 25.1 Å². The Kier molecular flexibility index (Phi) is 5.67. The number of aryl methyl sites for hydroxylation is 1. The highest BCUT2D eigenvalue weighted by Gasteiger charge is 2.39. The second-order valence-electron chi connectivity index (χ2n) is 5.79. The number of nitrogens with one attached hydrogen (secondary N) is 2. The Morgan fingerprint density at radius 1 is 1.13 bits per heavy atom. The lowest BCUT2D eigenvalue weighted by Gasteiger charge is -2.09. The molecule has 3 rings (SSSR count). The highest BCUT2D eigenvalue weighted by atomic mass is 35.5. The normalized spacial score (nSPS) is 11.9. The number of amides is 1. The number of alkyl halides is 3. The number of anilines is 2. The van der Waals surface area contributed by atoms with E-state index in [4.69, 9.17) is 11.6 Å². The number of carbonyl (C=O) groups is 1. The topological polar surface area (TPSA) is 119 Å². The standard InChI is InChI=1S/C16H12ClF3N6O3S/c1-26-12(11(17)13(24-26)16(18,19)20)14(27)23-9-3-5-10(6-4-9)30(28,29)25-15-21-7-2-8-22-15/h2-8H,1H3,(H,23,27)(H,21,22,25). The van der Waals surface area contributed by atoms with Gasteiger partial charge < -0.3 is 5.32 Å². The number of benzene rings is 1. The van der Waals surface area contributed by atoms with Gasteiger partial charge in [0.2, 0.25) is 5.95 Å². The summed E-state index contributed by atoms with van der Waals surface area (Å²) in [5, 5.41) is 4.73. The van der Waals surface area contributed by atoms with Gasteiger partial charge >= 0.3 is 6.18 Å². The van der Waals surface area contributed by atoms with Crippen LogP contribution >= 0.6 is 11.6 Å². The van der Waals surface area contributed by atoms with E-state index in [1.165, 1.54) is 42.7 Å². The summed E-state index contributed by atoms with van der Waals surface area (Å²) in [6, 6.07) is 6.40. The maximum absolute atomic E-state index is 12.9. The highest BCUT2D eigenvalue weighted by molar-refractivity contribution is 7.92. The van der Waals surface area contributed by atoms with Gasteiger partial charge in [0.1, 0.15) is 10.7 Å². The molecule has 2 aromatic heterocycles. The molecule has 0 aliphatic rings. The SMILES string of the molecule is Cn1nc(C(F)(F)F)c(Cl)c1C(=O)Nc1ccc(S(=O)(=O)Nc2ncccn2)cc1. The van der Waals surface area contributed by atoms with Crippen molar-refractivity contribution < 1.29 is 26.4 Å². The number of halogens is 4. The second kappa shape index (κ2) is 7.91. The molecule has 0 unspecified atom stereocenters. The molecule has 0 spiro atoms. The minimum Gasteiger partial charge on any atom is -0.321 e. The Hall–Kier alpha value is -3.19. The second-order valence-corrected chi connectivity index (χ2v) is 7.85. The van der Waals surface area contributed by atoms with Crippen molar-refractivity contribution in [2.24, 2.45) is 7.05 Å². The summed E-state index contributed by atoms with van der Waals surface area (Å²) in [5.41, 5.74) is -1.75. The van der Waals surface area contributed by atoms with Gasteiger partial charge in [0.25, 0.3) is 15.9 Å². The van der Waals surface area contributed by atoms with Crippen LogP contribution in [0, 0.1) is 0 Å². The molecule has 0 atom stereocenters. The first-order chi connectivity index (χ1) is 14.0. The Morgan fingerprint density at radius 2 is 1.73 bits per heavy atom. The van der Waals surface area contributed by atoms with Gasteiger partial charge in [0.05, 0.1) is 4.90 Å². The smallest absolute Gasteiger partial charge is 0.321 e. The molecule has 30 heavy (non-hydrogen) atoms. The third-order valence-electron chi connectivity index (χ3n) is 3.69. The monoisotopic (exact) mass is 460 g/mol. The summed E-state index contributed by atoms with van der Waals surface area (Å²) in [6.07, 6.45) is -2.10. The van der Waals surface area contributed by atoms with Crippen molar-refractivity contribution in [1.29, 1.82) is 0 Å². The highest BCUT2D eigenvalue weighted by Crippen LogP contribution is 2.35. The van der Waals surface area contributed by atoms with Gasteiger partial charge in [-0.1, -0.05) is 11.6 Å². The number of hydrogen-bond donors (Lipinski definition) is 2. The van der Waals surface area contributed by atoms with Crippen LogP contribution in [0.5, 0.6) is 0 Å². The summed E-state index contributed by atoms with van der Waals surface area (Å²) in [7, 11) is -2.84. The maximum Gasteiger partial charge on any atom is 0.436 e. The molecule has 9 nitrogen and oxygen atoms in total. The van der Waals surface area contributed by atoms with Gasteiger partial charge in [-0.25, -0.2) is 23.1 Å².